The maximum absolute atomic E-state index is 9.01. The number of aromatic amines is 2. The van der Waals surface area contributed by atoms with E-state index in [2.05, 4.69) is 35.9 Å². The number of nitriles is 1. The first-order chi connectivity index (χ1) is 9.36. The normalized spacial score (nSPS) is 11.4. The van der Waals surface area contributed by atoms with Gasteiger partial charge < -0.3 is 10.3 Å². The van der Waals surface area contributed by atoms with Gasteiger partial charge in [0.05, 0.1) is 11.0 Å². The highest BCUT2D eigenvalue weighted by molar-refractivity contribution is 5.78. The summed E-state index contributed by atoms with van der Waals surface area (Å²) < 4.78 is 0. The summed E-state index contributed by atoms with van der Waals surface area (Å²) in [7, 11) is 0. The number of hydrogen-bond acceptors (Lipinski definition) is 6. The lowest BCUT2D eigenvalue weighted by molar-refractivity contribution is 0.881. The Hall–Kier alpha value is -3.21. The first kappa shape index (κ1) is 10.9. The third-order valence-electron chi connectivity index (χ3n) is 2.46. The zero-order valence-electron chi connectivity index (χ0n) is 9.62. The van der Waals surface area contributed by atoms with Crippen molar-refractivity contribution in [2.24, 2.45) is 0 Å². The van der Waals surface area contributed by atoms with Crippen molar-refractivity contribution in [1.29, 1.82) is 5.26 Å². The van der Waals surface area contributed by atoms with Crippen molar-refractivity contribution in [3.05, 3.63) is 36.3 Å². The number of anilines is 1. The van der Waals surface area contributed by atoms with Crippen LogP contribution in [0.25, 0.3) is 16.6 Å². The van der Waals surface area contributed by atoms with Gasteiger partial charge in [-0.25, -0.2) is 10.1 Å². The summed E-state index contributed by atoms with van der Waals surface area (Å²) in [5.74, 6) is 0.840. The van der Waals surface area contributed by atoms with E-state index in [0.29, 0.717) is 11.8 Å². The molecule has 2 heterocycles. The zero-order valence-corrected chi connectivity index (χ0v) is 9.62. The van der Waals surface area contributed by atoms with Crippen molar-refractivity contribution in [2.75, 3.05) is 5.32 Å². The van der Waals surface area contributed by atoms with Crippen molar-refractivity contribution in [2.45, 2.75) is 0 Å². The zero-order chi connectivity index (χ0) is 13.1. The number of allylic oxidation sites excluding steroid dienone is 1. The van der Waals surface area contributed by atoms with Gasteiger partial charge in [-0.05, 0) is 22.6 Å². The number of tetrazole rings is 1. The number of hydrogen-bond donors (Lipinski definition) is 3. The number of para-hydroxylation sites is 2. The maximum Gasteiger partial charge on any atom is 0.205 e. The number of H-pyrrole nitrogens is 2. The number of rotatable bonds is 3. The average Bonchev–Trinajstić information content (AvgIpc) is 3.08. The van der Waals surface area contributed by atoms with Crippen LogP contribution in [0.2, 0.25) is 0 Å². The topological polar surface area (TPSA) is 119 Å². The van der Waals surface area contributed by atoms with E-state index < -0.39 is 0 Å². The molecule has 19 heavy (non-hydrogen) atoms. The molecular formula is C11H8N8. The Balaban J connectivity index is 1.87. The Kier molecular flexibility index (Phi) is 2.63. The summed E-state index contributed by atoms with van der Waals surface area (Å²) in [6.07, 6.45) is 1.49. The molecule has 0 atom stereocenters. The van der Waals surface area contributed by atoms with Gasteiger partial charge in [0.1, 0.15) is 11.6 Å². The summed E-state index contributed by atoms with van der Waals surface area (Å²) >= 11 is 0. The molecule has 3 aromatic rings. The number of benzene rings is 1. The van der Waals surface area contributed by atoms with E-state index in [4.69, 9.17) is 5.26 Å². The fraction of sp³-hybridized carbons (Fsp3) is 0. The minimum absolute atomic E-state index is 0.283. The molecule has 0 aliphatic carbocycles. The first-order valence-corrected chi connectivity index (χ1v) is 5.42. The Labute approximate surface area is 107 Å². The standard InChI is InChI=1S/C11H8N8/c12-5-7(10-16-18-19-17-10)6-13-11-14-8-3-1-2-4-9(8)15-11/h1-4,6H,(H2,13,14,15)(H,16,17,18,19). The minimum Gasteiger partial charge on any atom is -0.331 e. The molecule has 0 saturated heterocycles. The second-order valence-electron chi connectivity index (χ2n) is 3.67. The fourth-order valence-electron chi connectivity index (χ4n) is 1.59. The summed E-state index contributed by atoms with van der Waals surface area (Å²) in [5.41, 5.74) is 2.04. The van der Waals surface area contributed by atoms with Crippen molar-refractivity contribution >= 4 is 22.6 Å². The van der Waals surface area contributed by atoms with Gasteiger partial charge in [-0.15, -0.1) is 5.10 Å². The minimum atomic E-state index is 0.283. The van der Waals surface area contributed by atoms with E-state index in [-0.39, 0.29) is 5.57 Å². The van der Waals surface area contributed by atoms with Gasteiger partial charge in [-0.2, -0.15) is 5.26 Å². The molecule has 0 aliphatic rings. The molecule has 92 valence electrons. The average molecular weight is 252 g/mol. The molecule has 0 unspecified atom stereocenters. The van der Waals surface area contributed by atoms with Crippen molar-refractivity contribution in [1.82, 2.24) is 30.6 Å². The molecule has 8 heteroatoms. The molecular weight excluding hydrogens is 244 g/mol. The van der Waals surface area contributed by atoms with Crippen molar-refractivity contribution in [3.8, 4) is 6.07 Å². The van der Waals surface area contributed by atoms with E-state index >= 15 is 0 Å². The lowest BCUT2D eigenvalue weighted by Gasteiger charge is -1.94. The molecule has 0 saturated carbocycles. The van der Waals surface area contributed by atoms with E-state index in [0.717, 1.165) is 11.0 Å². The van der Waals surface area contributed by atoms with Crippen LogP contribution in [0.3, 0.4) is 0 Å². The number of nitrogens with one attached hydrogen (secondary N) is 3. The molecule has 1 aromatic carbocycles. The fourth-order valence-corrected chi connectivity index (χ4v) is 1.59. The molecule has 8 nitrogen and oxygen atoms in total. The Morgan fingerprint density at radius 1 is 1.37 bits per heavy atom. The monoisotopic (exact) mass is 252 g/mol. The van der Waals surface area contributed by atoms with Gasteiger partial charge in [0.2, 0.25) is 5.95 Å². The van der Waals surface area contributed by atoms with Crippen LogP contribution >= 0.6 is 0 Å². The molecule has 0 aliphatic heterocycles. The van der Waals surface area contributed by atoms with Gasteiger partial charge in [-0.3, -0.25) is 0 Å². The third kappa shape index (κ3) is 2.12. The predicted octanol–water partition coefficient (Wildman–Crippen LogP) is 1.05. The van der Waals surface area contributed by atoms with Gasteiger partial charge in [0.25, 0.3) is 0 Å². The lowest BCUT2D eigenvalue weighted by Crippen LogP contribution is -1.94. The van der Waals surface area contributed by atoms with Crippen LogP contribution < -0.4 is 5.32 Å². The lowest BCUT2D eigenvalue weighted by atomic mass is 10.3. The number of aromatic nitrogens is 6. The van der Waals surface area contributed by atoms with Gasteiger partial charge in [0, 0.05) is 6.20 Å². The molecule has 0 amide bonds. The van der Waals surface area contributed by atoms with Crippen LogP contribution in [0.4, 0.5) is 5.95 Å². The highest BCUT2D eigenvalue weighted by Crippen LogP contribution is 2.14. The van der Waals surface area contributed by atoms with Crippen LogP contribution in [0.15, 0.2) is 30.5 Å². The SMILES string of the molecule is N#CC(=CNc1nc2ccccc2[nH]1)c1nnn[nH]1. The van der Waals surface area contributed by atoms with E-state index in [9.17, 15) is 0 Å². The van der Waals surface area contributed by atoms with Crippen LogP contribution in [0.1, 0.15) is 5.82 Å². The van der Waals surface area contributed by atoms with Crippen LogP contribution in [-0.4, -0.2) is 30.6 Å². The van der Waals surface area contributed by atoms with E-state index in [1.54, 1.807) is 0 Å². The van der Waals surface area contributed by atoms with Crippen LogP contribution in [0.5, 0.6) is 0 Å². The summed E-state index contributed by atoms with van der Waals surface area (Å²) in [6, 6.07) is 9.63. The Morgan fingerprint density at radius 3 is 3.00 bits per heavy atom. The largest absolute Gasteiger partial charge is 0.331 e. The van der Waals surface area contributed by atoms with Gasteiger partial charge in [0.15, 0.2) is 5.82 Å². The highest BCUT2D eigenvalue weighted by Gasteiger charge is 2.05. The molecule has 0 spiro atoms. The second kappa shape index (κ2) is 4.58. The summed E-state index contributed by atoms with van der Waals surface area (Å²) in [4.78, 5) is 7.40. The van der Waals surface area contributed by atoms with Gasteiger partial charge >= 0.3 is 0 Å². The molecule has 3 N–H and O–H groups in total. The van der Waals surface area contributed by atoms with Crippen LogP contribution in [-0.2, 0) is 0 Å². The summed E-state index contributed by atoms with van der Waals surface area (Å²) in [5, 5.41) is 24.9. The summed E-state index contributed by atoms with van der Waals surface area (Å²) in [6.45, 7) is 0. The molecule has 0 bridgehead atoms. The Morgan fingerprint density at radius 2 is 2.26 bits per heavy atom. The highest BCUT2D eigenvalue weighted by atomic mass is 15.5. The van der Waals surface area contributed by atoms with Crippen molar-refractivity contribution < 1.29 is 0 Å². The van der Waals surface area contributed by atoms with Crippen LogP contribution in [0, 0.1) is 11.3 Å². The maximum atomic E-state index is 9.01. The molecule has 2 aromatic heterocycles. The molecule has 0 fully saturated rings. The van der Waals surface area contributed by atoms with Gasteiger partial charge in [-0.1, -0.05) is 12.1 Å². The Bertz CT molecular complexity index is 728. The number of nitrogens with zero attached hydrogens (tertiary/aromatic N) is 5. The third-order valence-corrected chi connectivity index (χ3v) is 2.46. The number of imidazole rings is 1. The van der Waals surface area contributed by atoms with E-state index in [1.807, 2.05) is 30.3 Å². The van der Waals surface area contributed by atoms with E-state index in [1.165, 1.54) is 6.20 Å². The van der Waals surface area contributed by atoms with Crippen molar-refractivity contribution in [3.63, 3.8) is 0 Å². The smallest absolute Gasteiger partial charge is 0.205 e. The quantitative estimate of drug-likeness (QED) is 0.599. The number of fused-ring (bicyclic) bond motifs is 1. The molecule has 3 rings (SSSR count). The first-order valence-electron chi connectivity index (χ1n) is 5.42. The second-order valence-corrected chi connectivity index (χ2v) is 3.67. The molecule has 0 radical (unpaired) electrons. The predicted molar refractivity (Wildman–Crippen MR) is 67.5 cm³/mol.